The average molecular weight is 395 g/mol. The molecule has 1 fully saturated rings. The molecule has 2 aliphatic rings. The van der Waals surface area contributed by atoms with Gasteiger partial charge < -0.3 is 4.98 Å². The number of aromatic nitrogens is 2. The summed E-state index contributed by atoms with van der Waals surface area (Å²) in [6, 6.07) is 5.97. The number of benzene rings is 1. The molecule has 0 bridgehead atoms. The minimum atomic E-state index is -0.0773. The van der Waals surface area contributed by atoms with Crippen molar-refractivity contribution in [2.45, 2.75) is 51.5 Å². The van der Waals surface area contributed by atoms with Crippen molar-refractivity contribution in [2.24, 2.45) is 0 Å². The van der Waals surface area contributed by atoms with Crippen molar-refractivity contribution in [3.63, 3.8) is 0 Å². The molecule has 28 heavy (non-hydrogen) atoms. The van der Waals surface area contributed by atoms with Gasteiger partial charge in [0.1, 0.15) is 0 Å². The predicted octanol–water partition coefficient (Wildman–Crippen LogP) is 4.74. The molecule has 1 aliphatic carbocycles. The Labute approximate surface area is 169 Å². The molecule has 2 N–H and O–H groups in total. The highest BCUT2D eigenvalue weighted by molar-refractivity contribution is 7.14. The number of carbonyl (C=O) groups excluding carboxylic acids is 1. The van der Waals surface area contributed by atoms with Crippen LogP contribution in [0.3, 0.4) is 0 Å². The summed E-state index contributed by atoms with van der Waals surface area (Å²) in [5, 5.41) is 6.95. The first-order chi connectivity index (χ1) is 13.8. The molecule has 1 aromatic carbocycles. The van der Waals surface area contributed by atoms with Gasteiger partial charge in [-0.15, -0.1) is 11.3 Å². The number of aromatic amines is 1. The maximum Gasteiger partial charge on any atom is 0.257 e. The van der Waals surface area contributed by atoms with E-state index in [9.17, 15) is 4.79 Å². The van der Waals surface area contributed by atoms with Gasteiger partial charge in [0.2, 0.25) is 0 Å². The van der Waals surface area contributed by atoms with Crippen LogP contribution in [0.15, 0.2) is 23.6 Å². The number of H-pyrrole nitrogens is 1. The summed E-state index contributed by atoms with van der Waals surface area (Å²) in [5.74, 6) is -0.0773. The first-order valence-electron chi connectivity index (χ1n) is 10.4. The molecule has 1 aliphatic heterocycles. The summed E-state index contributed by atoms with van der Waals surface area (Å²) in [4.78, 5) is 23.4. The molecule has 0 saturated carbocycles. The number of anilines is 1. The number of aryl methyl sites for hydroxylation is 2. The Hall–Kier alpha value is -2.18. The van der Waals surface area contributed by atoms with Gasteiger partial charge >= 0.3 is 0 Å². The van der Waals surface area contributed by atoms with Crippen LogP contribution >= 0.6 is 11.3 Å². The summed E-state index contributed by atoms with van der Waals surface area (Å²) in [7, 11) is 0. The fourth-order valence-electron chi connectivity index (χ4n) is 4.50. The van der Waals surface area contributed by atoms with E-state index in [-0.39, 0.29) is 5.91 Å². The van der Waals surface area contributed by atoms with E-state index in [0.717, 1.165) is 43.7 Å². The van der Waals surface area contributed by atoms with Crippen LogP contribution in [-0.2, 0) is 19.4 Å². The molecule has 3 aromatic rings. The number of nitrogens with one attached hydrogen (secondary N) is 2. The number of rotatable bonds is 4. The molecule has 146 valence electrons. The minimum absolute atomic E-state index is 0.0773. The number of hydrogen-bond acceptors (Lipinski definition) is 4. The zero-order valence-electron chi connectivity index (χ0n) is 16.1. The van der Waals surface area contributed by atoms with Crippen molar-refractivity contribution >= 4 is 33.3 Å². The Balaban J connectivity index is 1.30. The fraction of sp³-hybridized carbons (Fsp3) is 0.455. The Morgan fingerprint density at radius 2 is 2.00 bits per heavy atom. The molecule has 0 spiro atoms. The molecule has 5 rings (SSSR count). The molecule has 2 aromatic heterocycles. The van der Waals surface area contributed by atoms with E-state index in [1.807, 2.05) is 18.2 Å². The third-order valence-electron chi connectivity index (χ3n) is 5.97. The molecule has 0 unspecified atom stereocenters. The largest absolute Gasteiger partial charge is 0.358 e. The number of thiazole rings is 1. The van der Waals surface area contributed by atoms with Gasteiger partial charge in [-0.25, -0.2) is 4.98 Å². The second-order valence-corrected chi connectivity index (χ2v) is 8.84. The average Bonchev–Trinajstić information content (AvgIpc) is 3.32. The van der Waals surface area contributed by atoms with E-state index in [1.54, 1.807) is 0 Å². The van der Waals surface area contributed by atoms with Gasteiger partial charge in [-0.1, -0.05) is 6.42 Å². The van der Waals surface area contributed by atoms with E-state index >= 15 is 0 Å². The van der Waals surface area contributed by atoms with Crippen LogP contribution in [0.5, 0.6) is 0 Å². The summed E-state index contributed by atoms with van der Waals surface area (Å²) in [5.41, 5.74) is 5.64. The Bertz CT molecular complexity index is 999. The molecule has 0 radical (unpaired) electrons. The summed E-state index contributed by atoms with van der Waals surface area (Å²) < 4.78 is 0. The number of carbonyl (C=O) groups is 1. The molecule has 5 nitrogen and oxygen atoms in total. The van der Waals surface area contributed by atoms with Gasteiger partial charge in [0.05, 0.1) is 5.69 Å². The van der Waals surface area contributed by atoms with E-state index in [2.05, 4.69) is 25.6 Å². The normalized spacial score (nSPS) is 17.6. The SMILES string of the molecule is O=C(Nc1nc(CN2CCCCC2)cs1)c1ccc2[nH]c3c(c2c1)CCCC3. The van der Waals surface area contributed by atoms with Crippen molar-refractivity contribution in [3.8, 4) is 0 Å². The second kappa shape index (κ2) is 7.68. The van der Waals surface area contributed by atoms with Crippen LogP contribution in [0.1, 0.15) is 59.4 Å². The second-order valence-electron chi connectivity index (χ2n) is 7.98. The lowest BCUT2D eigenvalue weighted by Gasteiger charge is -2.25. The highest BCUT2D eigenvalue weighted by Crippen LogP contribution is 2.30. The van der Waals surface area contributed by atoms with Crippen LogP contribution in [0.25, 0.3) is 10.9 Å². The smallest absolute Gasteiger partial charge is 0.257 e. The number of nitrogens with zero attached hydrogens (tertiary/aromatic N) is 2. The Morgan fingerprint density at radius 3 is 2.89 bits per heavy atom. The van der Waals surface area contributed by atoms with Crippen molar-refractivity contribution < 1.29 is 4.79 Å². The fourth-order valence-corrected chi connectivity index (χ4v) is 5.20. The van der Waals surface area contributed by atoms with E-state index < -0.39 is 0 Å². The van der Waals surface area contributed by atoms with Gasteiger partial charge in [0.25, 0.3) is 5.91 Å². The summed E-state index contributed by atoms with van der Waals surface area (Å²) >= 11 is 1.51. The number of piperidine rings is 1. The minimum Gasteiger partial charge on any atom is -0.358 e. The number of fused-ring (bicyclic) bond motifs is 3. The number of amides is 1. The zero-order valence-corrected chi connectivity index (χ0v) is 16.9. The van der Waals surface area contributed by atoms with Crippen LogP contribution < -0.4 is 5.32 Å². The summed E-state index contributed by atoms with van der Waals surface area (Å²) in [6.45, 7) is 3.19. The third kappa shape index (κ3) is 3.59. The van der Waals surface area contributed by atoms with Crippen LogP contribution in [0.2, 0.25) is 0 Å². The summed E-state index contributed by atoms with van der Waals surface area (Å²) in [6.07, 6.45) is 8.59. The first kappa shape index (κ1) is 17.9. The zero-order chi connectivity index (χ0) is 18.9. The van der Waals surface area contributed by atoms with Crippen LogP contribution in [0.4, 0.5) is 5.13 Å². The van der Waals surface area contributed by atoms with Crippen molar-refractivity contribution in [1.82, 2.24) is 14.9 Å². The van der Waals surface area contributed by atoms with Crippen molar-refractivity contribution in [3.05, 3.63) is 46.1 Å². The lowest BCUT2D eigenvalue weighted by Crippen LogP contribution is -2.29. The van der Waals surface area contributed by atoms with E-state index in [1.165, 1.54) is 60.1 Å². The number of hydrogen-bond donors (Lipinski definition) is 2. The van der Waals surface area contributed by atoms with Crippen molar-refractivity contribution in [2.75, 3.05) is 18.4 Å². The standard InChI is InChI=1S/C22H26N4OS/c27-21(25-22-23-16(14-28-22)13-26-10-4-1-5-11-26)15-8-9-20-18(12-15)17-6-2-3-7-19(17)24-20/h8-9,12,14,24H,1-7,10-11,13H2,(H,23,25,27). The van der Waals surface area contributed by atoms with E-state index in [4.69, 9.17) is 0 Å². The Morgan fingerprint density at radius 1 is 1.14 bits per heavy atom. The van der Waals surface area contributed by atoms with Gasteiger partial charge in [-0.05, 0) is 75.4 Å². The lowest BCUT2D eigenvalue weighted by atomic mass is 9.95. The third-order valence-corrected chi connectivity index (χ3v) is 6.77. The van der Waals surface area contributed by atoms with Gasteiger partial charge in [0, 0.05) is 34.1 Å². The molecular weight excluding hydrogens is 368 g/mol. The first-order valence-corrected chi connectivity index (χ1v) is 11.3. The van der Waals surface area contributed by atoms with E-state index in [0.29, 0.717) is 10.7 Å². The van der Waals surface area contributed by atoms with Crippen LogP contribution in [-0.4, -0.2) is 33.9 Å². The van der Waals surface area contributed by atoms with Gasteiger partial charge in [0.15, 0.2) is 5.13 Å². The molecule has 0 atom stereocenters. The lowest BCUT2D eigenvalue weighted by molar-refractivity contribution is 0.102. The van der Waals surface area contributed by atoms with Crippen LogP contribution in [0, 0.1) is 0 Å². The quantitative estimate of drug-likeness (QED) is 0.672. The van der Waals surface area contributed by atoms with Crippen molar-refractivity contribution in [1.29, 1.82) is 0 Å². The molecule has 3 heterocycles. The molecular formula is C22H26N4OS. The molecule has 6 heteroatoms. The van der Waals surface area contributed by atoms with Gasteiger partial charge in [-0.3, -0.25) is 15.0 Å². The monoisotopic (exact) mass is 394 g/mol. The maximum absolute atomic E-state index is 12.8. The highest BCUT2D eigenvalue weighted by atomic mass is 32.1. The molecule has 1 saturated heterocycles. The topological polar surface area (TPSA) is 61.0 Å². The Kier molecular flexibility index (Phi) is 4.91. The maximum atomic E-state index is 12.8. The predicted molar refractivity (Wildman–Crippen MR) is 114 cm³/mol. The number of likely N-dealkylation sites (tertiary alicyclic amines) is 1. The highest BCUT2D eigenvalue weighted by Gasteiger charge is 2.18. The molecule has 1 amide bonds. The van der Waals surface area contributed by atoms with Gasteiger partial charge in [-0.2, -0.15) is 0 Å².